The largest absolute Gasteiger partial charge is 0.314 e. The van der Waals surface area contributed by atoms with Crippen molar-refractivity contribution in [2.24, 2.45) is 5.92 Å². The molecule has 6 heteroatoms. The molecule has 0 aromatic rings. The summed E-state index contributed by atoms with van der Waals surface area (Å²) in [6, 6.07) is 0.489. The van der Waals surface area contributed by atoms with E-state index in [9.17, 15) is 8.42 Å². The first-order chi connectivity index (χ1) is 9.54. The van der Waals surface area contributed by atoms with Gasteiger partial charge in [-0.15, -0.1) is 0 Å². The summed E-state index contributed by atoms with van der Waals surface area (Å²) in [6.07, 6.45) is 4.99. The topological polar surface area (TPSA) is 52.7 Å². The quantitative estimate of drug-likeness (QED) is 0.836. The molecule has 0 aliphatic carbocycles. The maximum atomic E-state index is 12.6. The molecular formula is C14H29N3O2S. The molecule has 20 heavy (non-hydrogen) atoms. The average molecular weight is 303 g/mol. The molecule has 0 amide bonds. The zero-order chi connectivity index (χ0) is 14.6. The first-order valence-electron chi connectivity index (χ1n) is 8.02. The summed E-state index contributed by atoms with van der Waals surface area (Å²) in [5, 5.41) is 3.49. The molecular weight excluding hydrogens is 274 g/mol. The first-order valence-corrected chi connectivity index (χ1v) is 9.42. The van der Waals surface area contributed by atoms with Crippen LogP contribution in [0.2, 0.25) is 0 Å². The third-order valence-electron chi connectivity index (χ3n) is 4.53. The van der Waals surface area contributed by atoms with E-state index in [4.69, 9.17) is 0 Å². The van der Waals surface area contributed by atoms with Crippen molar-refractivity contribution < 1.29 is 8.42 Å². The van der Waals surface area contributed by atoms with Crippen LogP contribution in [0.4, 0.5) is 0 Å². The van der Waals surface area contributed by atoms with Crippen LogP contribution in [0.1, 0.15) is 46.0 Å². The zero-order valence-electron chi connectivity index (χ0n) is 12.8. The minimum atomic E-state index is -3.21. The molecule has 2 heterocycles. The third kappa shape index (κ3) is 3.93. The molecule has 0 atom stereocenters. The highest BCUT2D eigenvalue weighted by molar-refractivity contribution is 7.86. The van der Waals surface area contributed by atoms with Crippen LogP contribution in [-0.2, 0) is 10.2 Å². The summed E-state index contributed by atoms with van der Waals surface area (Å²) < 4.78 is 28.6. The number of nitrogens with zero attached hydrogens (tertiary/aromatic N) is 2. The molecule has 0 aromatic heterocycles. The summed E-state index contributed by atoms with van der Waals surface area (Å²) >= 11 is 0. The smallest absolute Gasteiger partial charge is 0.281 e. The third-order valence-corrected chi connectivity index (χ3v) is 6.57. The Kier molecular flexibility index (Phi) is 5.84. The van der Waals surface area contributed by atoms with E-state index in [1.54, 1.807) is 8.61 Å². The fourth-order valence-electron chi connectivity index (χ4n) is 3.02. The lowest BCUT2D eigenvalue weighted by atomic mass is 10.0. The number of nitrogens with one attached hydrogen (secondary N) is 1. The van der Waals surface area contributed by atoms with E-state index in [0.717, 1.165) is 38.6 Å². The molecule has 2 aliphatic rings. The second kappa shape index (κ2) is 7.20. The highest BCUT2D eigenvalue weighted by Gasteiger charge is 2.34. The maximum Gasteiger partial charge on any atom is 0.281 e. The Hall–Kier alpha value is -0.170. The molecule has 0 unspecified atom stereocenters. The zero-order valence-corrected chi connectivity index (χ0v) is 13.7. The van der Waals surface area contributed by atoms with Crippen molar-refractivity contribution in [1.82, 2.24) is 13.9 Å². The van der Waals surface area contributed by atoms with Gasteiger partial charge in [-0.25, -0.2) is 0 Å². The van der Waals surface area contributed by atoms with Crippen LogP contribution in [0, 0.1) is 5.92 Å². The van der Waals surface area contributed by atoms with Gasteiger partial charge in [-0.05, 0) is 44.6 Å². The van der Waals surface area contributed by atoms with Crippen molar-refractivity contribution in [2.75, 3.05) is 32.7 Å². The number of hydrogen-bond donors (Lipinski definition) is 1. The summed E-state index contributed by atoms with van der Waals surface area (Å²) in [5.74, 6) is 0.658. The van der Waals surface area contributed by atoms with Crippen LogP contribution in [0.5, 0.6) is 0 Å². The molecule has 118 valence electrons. The molecule has 5 nitrogen and oxygen atoms in total. The molecule has 0 aromatic carbocycles. The molecule has 2 saturated heterocycles. The van der Waals surface area contributed by atoms with Crippen molar-refractivity contribution in [3.05, 3.63) is 0 Å². The maximum absolute atomic E-state index is 12.6. The van der Waals surface area contributed by atoms with Gasteiger partial charge in [0.2, 0.25) is 0 Å². The minimum Gasteiger partial charge on any atom is -0.314 e. The Morgan fingerprint density at radius 3 is 2.00 bits per heavy atom. The van der Waals surface area contributed by atoms with Crippen molar-refractivity contribution >= 4 is 10.2 Å². The summed E-state index contributed by atoms with van der Waals surface area (Å²) in [4.78, 5) is 0. The lowest BCUT2D eigenvalue weighted by molar-refractivity contribution is 0.239. The van der Waals surface area contributed by atoms with Gasteiger partial charge in [-0.3, -0.25) is 0 Å². The lowest BCUT2D eigenvalue weighted by Gasteiger charge is -2.37. The molecule has 0 bridgehead atoms. The predicted octanol–water partition coefficient (Wildman–Crippen LogP) is 1.43. The molecule has 0 saturated carbocycles. The van der Waals surface area contributed by atoms with E-state index in [2.05, 4.69) is 19.2 Å². The van der Waals surface area contributed by atoms with Crippen molar-refractivity contribution in [2.45, 2.75) is 52.0 Å². The van der Waals surface area contributed by atoms with Crippen LogP contribution >= 0.6 is 0 Å². The van der Waals surface area contributed by atoms with E-state index < -0.39 is 10.2 Å². The van der Waals surface area contributed by atoms with Crippen LogP contribution in [-0.4, -0.2) is 55.8 Å². The van der Waals surface area contributed by atoms with Crippen LogP contribution in [0.3, 0.4) is 0 Å². The van der Waals surface area contributed by atoms with Gasteiger partial charge in [0.1, 0.15) is 0 Å². The van der Waals surface area contributed by atoms with E-state index in [1.807, 2.05) is 0 Å². The summed E-state index contributed by atoms with van der Waals surface area (Å²) in [7, 11) is -3.21. The molecule has 0 radical (unpaired) electrons. The van der Waals surface area contributed by atoms with Crippen molar-refractivity contribution in [3.8, 4) is 0 Å². The summed E-state index contributed by atoms with van der Waals surface area (Å²) in [5.41, 5.74) is 0. The van der Waals surface area contributed by atoms with Crippen molar-refractivity contribution in [1.29, 1.82) is 0 Å². The van der Waals surface area contributed by atoms with E-state index in [-0.39, 0.29) is 0 Å². The van der Waals surface area contributed by atoms with E-state index in [1.165, 1.54) is 0 Å². The average Bonchev–Trinajstić information content (AvgIpc) is 2.46. The van der Waals surface area contributed by atoms with Gasteiger partial charge in [0.05, 0.1) is 0 Å². The Morgan fingerprint density at radius 1 is 1.00 bits per heavy atom. The van der Waals surface area contributed by atoms with Gasteiger partial charge in [-0.1, -0.05) is 13.8 Å². The minimum absolute atomic E-state index is 0.489. The van der Waals surface area contributed by atoms with Gasteiger partial charge >= 0.3 is 0 Å². The van der Waals surface area contributed by atoms with Crippen LogP contribution in [0.25, 0.3) is 0 Å². The second-order valence-corrected chi connectivity index (χ2v) is 8.15. The molecule has 2 fully saturated rings. The summed E-state index contributed by atoms with van der Waals surface area (Å²) in [6.45, 7) is 8.10. The lowest BCUT2D eigenvalue weighted by Crippen LogP contribution is -2.51. The standard InChI is InChI=1S/C14H29N3O2S/c1-3-8-15-14-6-11-17(12-7-14)20(18,19)16-9-4-13(2)5-10-16/h13-15H,3-12H2,1-2H3. The first kappa shape index (κ1) is 16.2. The van der Waals surface area contributed by atoms with Crippen LogP contribution in [0.15, 0.2) is 0 Å². The predicted molar refractivity (Wildman–Crippen MR) is 81.8 cm³/mol. The monoisotopic (exact) mass is 303 g/mol. The van der Waals surface area contributed by atoms with Gasteiger partial charge in [0.25, 0.3) is 10.2 Å². The van der Waals surface area contributed by atoms with Gasteiger partial charge in [0.15, 0.2) is 0 Å². The highest BCUT2D eigenvalue weighted by Crippen LogP contribution is 2.23. The van der Waals surface area contributed by atoms with Gasteiger partial charge in [0, 0.05) is 32.2 Å². The number of hydrogen-bond acceptors (Lipinski definition) is 3. The Bertz CT molecular complexity index is 383. The van der Waals surface area contributed by atoms with E-state index in [0.29, 0.717) is 38.1 Å². The molecule has 2 rings (SSSR count). The Labute approximate surface area is 123 Å². The van der Waals surface area contributed by atoms with Gasteiger partial charge in [-0.2, -0.15) is 17.0 Å². The van der Waals surface area contributed by atoms with Crippen molar-refractivity contribution in [3.63, 3.8) is 0 Å². The fraction of sp³-hybridized carbons (Fsp3) is 1.00. The number of rotatable bonds is 5. The normalized spacial score (nSPS) is 25.1. The fourth-order valence-corrected chi connectivity index (χ4v) is 4.69. The molecule has 1 N–H and O–H groups in total. The van der Waals surface area contributed by atoms with E-state index >= 15 is 0 Å². The Balaban J connectivity index is 1.85. The Morgan fingerprint density at radius 2 is 1.50 bits per heavy atom. The molecule has 2 aliphatic heterocycles. The second-order valence-electron chi connectivity index (χ2n) is 6.22. The van der Waals surface area contributed by atoms with Crippen LogP contribution < -0.4 is 5.32 Å². The highest BCUT2D eigenvalue weighted by atomic mass is 32.2. The number of piperidine rings is 2. The SMILES string of the molecule is CCCNC1CCN(S(=O)(=O)N2CCC(C)CC2)CC1. The molecule has 0 spiro atoms. The van der Waals surface area contributed by atoms with Gasteiger partial charge < -0.3 is 5.32 Å².